The maximum atomic E-state index is 11.9. The number of oxazole rings is 1. The number of esters is 1. The van der Waals surface area contributed by atoms with Gasteiger partial charge in [0.15, 0.2) is 17.7 Å². The molecule has 0 spiro atoms. The van der Waals surface area contributed by atoms with Crippen molar-refractivity contribution in [1.29, 1.82) is 0 Å². The van der Waals surface area contributed by atoms with Gasteiger partial charge < -0.3 is 44.4 Å². The van der Waals surface area contributed by atoms with Gasteiger partial charge in [0, 0.05) is 0 Å². The first kappa shape index (κ1) is 24.2. The predicted octanol–water partition coefficient (Wildman–Crippen LogP) is -1.23. The number of nitrogen functional groups attached to an aromatic ring is 1. The number of rotatable bonds is 8. The van der Waals surface area contributed by atoms with Crippen LogP contribution in [0.15, 0.2) is 23.2 Å². The molecule has 1 saturated heterocycles. The molecule has 4 heterocycles. The molecule has 0 unspecified atom stereocenters. The van der Waals surface area contributed by atoms with Crippen molar-refractivity contribution in [1.82, 2.24) is 24.5 Å². The third-order valence-electron chi connectivity index (χ3n) is 4.90. The lowest BCUT2D eigenvalue weighted by molar-refractivity contribution is -0.155. The zero-order chi connectivity index (χ0) is 24.6. The number of aromatic nitrogens is 5. The van der Waals surface area contributed by atoms with Gasteiger partial charge in [-0.05, 0) is 6.92 Å². The highest BCUT2D eigenvalue weighted by Gasteiger charge is 2.46. The Labute approximate surface area is 190 Å². The Morgan fingerprint density at radius 2 is 2.06 bits per heavy atom. The van der Waals surface area contributed by atoms with Crippen molar-refractivity contribution in [3.63, 3.8) is 0 Å². The Morgan fingerprint density at radius 3 is 2.71 bits per heavy atom. The van der Waals surface area contributed by atoms with Gasteiger partial charge in [0.05, 0.1) is 25.7 Å². The average Bonchev–Trinajstić information content (AvgIpc) is 3.49. The first-order valence-electron chi connectivity index (χ1n) is 9.86. The second-order valence-corrected chi connectivity index (χ2v) is 8.81. The summed E-state index contributed by atoms with van der Waals surface area (Å²) in [4.78, 5) is 47.1. The fraction of sp³-hybridized carbons (Fsp3) is 0.471. The number of nitrogens with zero attached hydrogens (tertiary/aromatic N) is 5. The molecule has 0 radical (unpaired) electrons. The fourth-order valence-corrected chi connectivity index (χ4v) is 3.98. The number of hydrogen-bond donors (Lipinski definition) is 5. The third-order valence-corrected chi connectivity index (χ3v) is 5.87. The largest absolute Gasteiger partial charge is 0.464 e. The summed E-state index contributed by atoms with van der Waals surface area (Å²) in [5.41, 5.74) is 6.27. The molecule has 3 aromatic heterocycles. The maximum Gasteiger partial charge on any atom is 0.365 e. The molecule has 1 fully saturated rings. The minimum atomic E-state index is -5.04. The minimum Gasteiger partial charge on any atom is -0.464 e. The molecule has 17 heteroatoms. The van der Waals surface area contributed by atoms with Gasteiger partial charge in [-0.2, -0.15) is 0 Å². The summed E-state index contributed by atoms with van der Waals surface area (Å²) in [7, 11) is -5.04. The van der Waals surface area contributed by atoms with Gasteiger partial charge in [-0.1, -0.05) is 0 Å². The average molecular weight is 500 g/mol. The molecule has 0 amide bonds. The van der Waals surface area contributed by atoms with Crippen molar-refractivity contribution in [2.24, 2.45) is 0 Å². The third kappa shape index (κ3) is 4.52. The summed E-state index contributed by atoms with van der Waals surface area (Å²) in [5.74, 6) is -3.35. The number of nitrogens with two attached hydrogens (primary N) is 1. The van der Waals surface area contributed by atoms with Crippen molar-refractivity contribution in [3.05, 3.63) is 18.8 Å². The standard InChI is InChI=1S/C17H21N6O10P/c1-2-30-16(26)17(34(27,28)29)32-5-7-9(24)10(25)15(33-7)23-6-20-8-11(18)21-12(22-13(8)23)14-19-3-4-31-14/h3-4,6-7,9-10,15,17,24-25H,2,5H2,1H3,(H2,18,21,22)(H2,27,28,29)/t7-,9+,10-,15-,17+/m1/s1. The number of aliphatic hydroxyl groups excluding tert-OH is 2. The van der Waals surface area contributed by atoms with E-state index in [4.69, 9.17) is 19.6 Å². The number of hydrogen-bond acceptors (Lipinski definition) is 13. The Balaban J connectivity index is 1.57. The van der Waals surface area contributed by atoms with Crippen LogP contribution in [-0.4, -0.2) is 87.8 Å². The van der Waals surface area contributed by atoms with E-state index in [2.05, 4.69) is 24.7 Å². The van der Waals surface area contributed by atoms with Crippen LogP contribution < -0.4 is 5.73 Å². The fourth-order valence-electron chi connectivity index (χ4n) is 3.35. The van der Waals surface area contributed by atoms with E-state index in [0.717, 1.165) is 0 Å². The van der Waals surface area contributed by atoms with E-state index in [-0.39, 0.29) is 35.3 Å². The van der Waals surface area contributed by atoms with Crippen LogP contribution in [0.25, 0.3) is 22.9 Å². The molecule has 4 rings (SSSR count). The molecule has 1 aliphatic heterocycles. The predicted molar refractivity (Wildman–Crippen MR) is 110 cm³/mol. The molecule has 5 atom stereocenters. The van der Waals surface area contributed by atoms with Crippen molar-refractivity contribution in [3.8, 4) is 11.7 Å². The first-order chi connectivity index (χ1) is 16.1. The lowest BCUT2D eigenvalue weighted by Crippen LogP contribution is -2.36. The molecular weight excluding hydrogens is 479 g/mol. The normalized spacial score (nSPS) is 23.9. The quantitative estimate of drug-likeness (QED) is 0.180. The van der Waals surface area contributed by atoms with Crippen LogP contribution in [0.1, 0.15) is 13.2 Å². The van der Waals surface area contributed by atoms with Crippen LogP contribution in [0, 0.1) is 0 Å². The summed E-state index contributed by atoms with van der Waals surface area (Å²) in [6.07, 6.45) is -1.61. The number of carbonyl (C=O) groups is 1. The summed E-state index contributed by atoms with van der Waals surface area (Å²) in [6.45, 7) is 0.684. The van der Waals surface area contributed by atoms with Crippen LogP contribution in [0.2, 0.25) is 0 Å². The van der Waals surface area contributed by atoms with Gasteiger partial charge >= 0.3 is 13.6 Å². The summed E-state index contributed by atoms with van der Waals surface area (Å²) < 4.78 is 33.4. The summed E-state index contributed by atoms with van der Waals surface area (Å²) >= 11 is 0. The smallest absolute Gasteiger partial charge is 0.365 e. The van der Waals surface area contributed by atoms with Crippen molar-refractivity contribution < 1.29 is 48.0 Å². The highest BCUT2D eigenvalue weighted by Crippen LogP contribution is 2.43. The molecular formula is C17H21N6O10P. The topological polar surface area (TPSA) is 238 Å². The van der Waals surface area contributed by atoms with Crippen LogP contribution >= 0.6 is 7.60 Å². The van der Waals surface area contributed by atoms with Crippen molar-refractivity contribution in [2.75, 3.05) is 18.9 Å². The van der Waals surface area contributed by atoms with Crippen LogP contribution in [0.5, 0.6) is 0 Å². The Bertz CT molecular complexity index is 1210. The molecule has 0 aromatic carbocycles. The molecule has 184 valence electrons. The highest BCUT2D eigenvalue weighted by atomic mass is 31.2. The van der Waals surface area contributed by atoms with E-state index in [9.17, 15) is 29.4 Å². The van der Waals surface area contributed by atoms with E-state index in [1.54, 1.807) is 0 Å². The lowest BCUT2D eigenvalue weighted by atomic mass is 10.1. The van der Waals surface area contributed by atoms with E-state index in [1.807, 2.05) is 0 Å². The van der Waals surface area contributed by atoms with Crippen LogP contribution in [0.4, 0.5) is 5.82 Å². The van der Waals surface area contributed by atoms with Crippen molar-refractivity contribution >= 4 is 30.5 Å². The van der Waals surface area contributed by atoms with E-state index in [0.29, 0.717) is 0 Å². The molecule has 16 nitrogen and oxygen atoms in total. The zero-order valence-corrected chi connectivity index (χ0v) is 18.4. The Hall–Kier alpha value is -2.98. The molecule has 1 aliphatic rings. The monoisotopic (exact) mass is 500 g/mol. The lowest BCUT2D eigenvalue weighted by Gasteiger charge is -2.20. The number of ether oxygens (including phenoxy) is 3. The SMILES string of the molecule is CCOC(=O)[C@@H](OC[C@H]1O[C@@H](n2cnc3c(N)nc(-c4ncco4)nc32)[C@H](O)[C@H]1O)P(=O)(O)O. The molecule has 3 aromatic rings. The number of anilines is 1. The molecule has 0 bridgehead atoms. The van der Waals surface area contributed by atoms with Gasteiger partial charge in [0.2, 0.25) is 5.82 Å². The number of fused-ring (bicyclic) bond motifs is 1. The van der Waals surface area contributed by atoms with Gasteiger partial charge in [-0.3, -0.25) is 9.13 Å². The van der Waals surface area contributed by atoms with Gasteiger partial charge in [-0.25, -0.2) is 24.7 Å². The number of carbonyl (C=O) groups excluding carboxylic acids is 1. The molecule has 6 N–H and O–H groups in total. The van der Waals surface area contributed by atoms with Crippen LogP contribution in [-0.2, 0) is 23.6 Å². The van der Waals surface area contributed by atoms with E-state index >= 15 is 0 Å². The summed E-state index contributed by atoms with van der Waals surface area (Å²) in [5, 5.41) is 21.0. The second kappa shape index (κ2) is 9.34. The van der Waals surface area contributed by atoms with Crippen LogP contribution in [0.3, 0.4) is 0 Å². The van der Waals surface area contributed by atoms with E-state index in [1.165, 1.54) is 30.3 Å². The number of aliphatic hydroxyl groups is 2. The molecule has 0 aliphatic carbocycles. The minimum absolute atomic E-state index is 0.00351. The van der Waals surface area contributed by atoms with E-state index < -0.39 is 50.6 Å². The van der Waals surface area contributed by atoms with Gasteiger partial charge in [-0.15, -0.1) is 0 Å². The second-order valence-electron chi connectivity index (χ2n) is 7.17. The van der Waals surface area contributed by atoms with Gasteiger partial charge in [0.25, 0.3) is 11.7 Å². The van der Waals surface area contributed by atoms with Gasteiger partial charge in [0.1, 0.15) is 30.1 Å². The maximum absolute atomic E-state index is 11.9. The molecule has 0 saturated carbocycles. The highest BCUT2D eigenvalue weighted by molar-refractivity contribution is 7.53. The Morgan fingerprint density at radius 1 is 1.29 bits per heavy atom. The first-order valence-corrected chi connectivity index (χ1v) is 11.5. The Kier molecular flexibility index (Phi) is 6.64. The summed E-state index contributed by atoms with van der Waals surface area (Å²) in [6, 6.07) is 0. The zero-order valence-electron chi connectivity index (χ0n) is 17.5. The number of imidazole rings is 1. The molecule has 34 heavy (non-hydrogen) atoms. The van der Waals surface area contributed by atoms with Crippen molar-refractivity contribution in [2.45, 2.75) is 37.3 Å².